The van der Waals surface area contributed by atoms with Gasteiger partial charge in [-0.2, -0.15) is 0 Å². The number of likely N-dealkylation sites (N-methyl/N-ethyl adjacent to an activating group) is 1. The van der Waals surface area contributed by atoms with Crippen molar-refractivity contribution >= 4 is 23.2 Å². The van der Waals surface area contributed by atoms with E-state index in [4.69, 9.17) is 0 Å². The Balaban J connectivity index is 1.96. The quantitative estimate of drug-likeness (QED) is 0.642. The van der Waals surface area contributed by atoms with Crippen molar-refractivity contribution in [1.82, 2.24) is 4.90 Å². The summed E-state index contributed by atoms with van der Waals surface area (Å²) < 4.78 is 13.1. The van der Waals surface area contributed by atoms with Crippen LogP contribution >= 0.6 is 0 Å². The number of hydrogen-bond acceptors (Lipinski definition) is 4. The summed E-state index contributed by atoms with van der Waals surface area (Å²) in [6.07, 6.45) is -0.194. The highest BCUT2D eigenvalue weighted by Gasteiger charge is 2.19. The highest BCUT2D eigenvalue weighted by atomic mass is 19.1. The molecular weight excluding hydrogens is 329 g/mol. The van der Waals surface area contributed by atoms with Gasteiger partial charge in [0.2, 0.25) is 11.8 Å². The normalized spacial score (nSPS) is 10.2. The molecule has 2 rings (SSSR count). The van der Waals surface area contributed by atoms with Crippen molar-refractivity contribution in [2.45, 2.75) is 6.42 Å². The maximum atomic E-state index is 13.1. The molecule has 0 spiro atoms. The lowest BCUT2D eigenvalue weighted by molar-refractivity contribution is -0.385. The zero-order chi connectivity index (χ0) is 18.4. The van der Waals surface area contributed by atoms with Crippen LogP contribution in [-0.2, 0) is 16.0 Å². The first kappa shape index (κ1) is 18.1. The topological polar surface area (TPSA) is 92.6 Å². The molecule has 0 saturated carbocycles. The third kappa shape index (κ3) is 5.10. The second-order valence-electron chi connectivity index (χ2n) is 5.37. The number of rotatable bonds is 6. The maximum absolute atomic E-state index is 13.1. The Bertz CT molecular complexity index is 810. The lowest BCUT2D eigenvalue weighted by Crippen LogP contribution is -2.35. The van der Waals surface area contributed by atoms with Gasteiger partial charge in [0.15, 0.2) is 0 Å². The van der Waals surface area contributed by atoms with E-state index in [9.17, 15) is 24.1 Å². The van der Waals surface area contributed by atoms with E-state index in [0.29, 0.717) is 0 Å². The summed E-state index contributed by atoms with van der Waals surface area (Å²) in [6.45, 7) is -0.254. The lowest BCUT2D eigenvalue weighted by Gasteiger charge is -2.17. The van der Waals surface area contributed by atoms with Crippen LogP contribution in [0.5, 0.6) is 0 Å². The molecule has 0 aliphatic carbocycles. The number of carbonyl (C=O) groups is 2. The molecule has 0 aromatic heterocycles. The molecule has 0 atom stereocenters. The van der Waals surface area contributed by atoms with E-state index >= 15 is 0 Å². The first-order valence-electron chi connectivity index (χ1n) is 7.38. The molecule has 0 unspecified atom stereocenters. The molecule has 0 aliphatic heterocycles. The Morgan fingerprint density at radius 1 is 1.20 bits per heavy atom. The van der Waals surface area contributed by atoms with Gasteiger partial charge in [0.1, 0.15) is 5.82 Å². The second-order valence-corrected chi connectivity index (χ2v) is 5.37. The molecule has 130 valence electrons. The maximum Gasteiger partial charge on any atom is 0.273 e. The number of nitrogens with zero attached hydrogens (tertiary/aromatic N) is 2. The third-order valence-corrected chi connectivity index (χ3v) is 3.44. The van der Waals surface area contributed by atoms with Gasteiger partial charge < -0.3 is 10.2 Å². The second kappa shape index (κ2) is 8.00. The predicted octanol–water partition coefficient (Wildman–Crippen LogP) is 2.37. The summed E-state index contributed by atoms with van der Waals surface area (Å²) in [6, 6.07) is 11.3. The molecule has 0 bridgehead atoms. The van der Waals surface area contributed by atoms with E-state index in [1.165, 1.54) is 43.4 Å². The van der Waals surface area contributed by atoms with Gasteiger partial charge in [-0.1, -0.05) is 24.3 Å². The molecule has 0 fully saturated rings. The van der Waals surface area contributed by atoms with E-state index in [-0.39, 0.29) is 29.9 Å². The minimum Gasteiger partial charge on any atom is -0.336 e. The summed E-state index contributed by atoms with van der Waals surface area (Å²) in [7, 11) is 1.42. The molecule has 8 heteroatoms. The van der Waals surface area contributed by atoms with E-state index in [1.807, 2.05) is 0 Å². The molecule has 0 aliphatic rings. The van der Waals surface area contributed by atoms with Crippen LogP contribution in [0.1, 0.15) is 5.56 Å². The Kier molecular flexibility index (Phi) is 5.78. The number of amides is 2. The fourth-order valence-electron chi connectivity index (χ4n) is 2.21. The summed E-state index contributed by atoms with van der Waals surface area (Å²) in [5, 5.41) is 13.4. The van der Waals surface area contributed by atoms with Crippen LogP contribution in [0.3, 0.4) is 0 Å². The number of nitro benzene ring substituents is 1. The van der Waals surface area contributed by atoms with Crippen molar-refractivity contribution < 1.29 is 18.9 Å². The standard InChI is InChI=1S/C17H16FN3O4/c1-20(11-16(22)19-14-7-4-6-13(18)10-14)17(23)9-12-5-2-3-8-15(12)21(24)25/h2-8,10H,9,11H2,1H3,(H,19,22). The van der Waals surface area contributed by atoms with Crippen LogP contribution in [0.15, 0.2) is 48.5 Å². The van der Waals surface area contributed by atoms with Crippen molar-refractivity contribution in [1.29, 1.82) is 0 Å². The Hall–Kier alpha value is -3.29. The Morgan fingerprint density at radius 2 is 1.92 bits per heavy atom. The molecule has 25 heavy (non-hydrogen) atoms. The molecule has 0 radical (unpaired) electrons. The van der Waals surface area contributed by atoms with Gasteiger partial charge in [0.25, 0.3) is 5.69 Å². The average molecular weight is 345 g/mol. The van der Waals surface area contributed by atoms with Crippen molar-refractivity contribution in [3.8, 4) is 0 Å². The molecule has 7 nitrogen and oxygen atoms in total. The first-order chi connectivity index (χ1) is 11.9. The van der Waals surface area contributed by atoms with E-state index < -0.39 is 22.6 Å². The molecule has 2 aromatic carbocycles. The first-order valence-corrected chi connectivity index (χ1v) is 7.38. The highest BCUT2D eigenvalue weighted by molar-refractivity contribution is 5.94. The van der Waals surface area contributed by atoms with Crippen LogP contribution in [0, 0.1) is 15.9 Å². The Morgan fingerprint density at radius 3 is 2.60 bits per heavy atom. The van der Waals surface area contributed by atoms with E-state index in [2.05, 4.69) is 5.32 Å². The monoisotopic (exact) mass is 345 g/mol. The molecule has 0 saturated heterocycles. The highest BCUT2D eigenvalue weighted by Crippen LogP contribution is 2.18. The molecule has 2 amide bonds. The zero-order valence-electron chi connectivity index (χ0n) is 13.4. The van der Waals surface area contributed by atoms with Gasteiger partial charge in [-0.05, 0) is 18.2 Å². The molecular formula is C17H16FN3O4. The van der Waals surface area contributed by atoms with Crippen LogP contribution in [0.25, 0.3) is 0 Å². The molecule has 1 N–H and O–H groups in total. The lowest BCUT2D eigenvalue weighted by atomic mass is 10.1. The van der Waals surface area contributed by atoms with Crippen LogP contribution in [0.2, 0.25) is 0 Å². The minimum atomic E-state index is -0.556. The fourth-order valence-corrected chi connectivity index (χ4v) is 2.21. The molecule has 2 aromatic rings. The van der Waals surface area contributed by atoms with E-state index in [1.54, 1.807) is 6.07 Å². The summed E-state index contributed by atoms with van der Waals surface area (Å²) in [5.74, 6) is -1.42. The largest absolute Gasteiger partial charge is 0.336 e. The number of nitrogens with one attached hydrogen (secondary N) is 1. The van der Waals surface area contributed by atoms with Crippen LogP contribution in [0.4, 0.5) is 15.8 Å². The molecule has 0 heterocycles. The van der Waals surface area contributed by atoms with Gasteiger partial charge in [-0.15, -0.1) is 0 Å². The number of benzene rings is 2. The van der Waals surface area contributed by atoms with Gasteiger partial charge >= 0.3 is 0 Å². The van der Waals surface area contributed by atoms with Gasteiger partial charge in [-0.3, -0.25) is 19.7 Å². The number of para-hydroxylation sites is 1. The fraction of sp³-hybridized carbons (Fsp3) is 0.176. The Labute approximate surface area is 143 Å². The van der Waals surface area contributed by atoms with Crippen molar-refractivity contribution in [2.24, 2.45) is 0 Å². The number of anilines is 1. The van der Waals surface area contributed by atoms with Crippen molar-refractivity contribution in [3.63, 3.8) is 0 Å². The number of nitro groups is 1. The van der Waals surface area contributed by atoms with E-state index in [0.717, 1.165) is 11.0 Å². The van der Waals surface area contributed by atoms with Gasteiger partial charge in [-0.25, -0.2) is 4.39 Å². The number of halogens is 1. The summed E-state index contributed by atoms with van der Waals surface area (Å²) >= 11 is 0. The van der Waals surface area contributed by atoms with Gasteiger partial charge in [0, 0.05) is 24.4 Å². The van der Waals surface area contributed by atoms with Crippen molar-refractivity contribution in [3.05, 3.63) is 70.0 Å². The average Bonchev–Trinajstić information content (AvgIpc) is 2.54. The van der Waals surface area contributed by atoms with Gasteiger partial charge in [0.05, 0.1) is 17.9 Å². The predicted molar refractivity (Wildman–Crippen MR) is 89.5 cm³/mol. The van der Waals surface area contributed by atoms with Crippen molar-refractivity contribution in [2.75, 3.05) is 18.9 Å². The zero-order valence-corrected chi connectivity index (χ0v) is 13.4. The van der Waals surface area contributed by atoms with Crippen LogP contribution < -0.4 is 5.32 Å². The summed E-state index contributed by atoms with van der Waals surface area (Å²) in [4.78, 5) is 35.7. The summed E-state index contributed by atoms with van der Waals surface area (Å²) in [5.41, 5.74) is 0.410. The number of hydrogen-bond donors (Lipinski definition) is 1. The minimum absolute atomic E-state index is 0.145. The third-order valence-electron chi connectivity index (χ3n) is 3.44. The number of carbonyl (C=O) groups excluding carboxylic acids is 2. The smallest absolute Gasteiger partial charge is 0.273 e. The van der Waals surface area contributed by atoms with Crippen LogP contribution in [-0.4, -0.2) is 35.2 Å². The SMILES string of the molecule is CN(CC(=O)Nc1cccc(F)c1)C(=O)Cc1ccccc1[N+](=O)[O-].